The lowest BCUT2D eigenvalue weighted by Gasteiger charge is -2.36. The average molecular weight is 416 g/mol. The lowest BCUT2D eigenvalue weighted by atomic mass is 10.0. The summed E-state index contributed by atoms with van der Waals surface area (Å²) in [7, 11) is 0. The van der Waals surface area contributed by atoms with Gasteiger partial charge in [0.05, 0.1) is 0 Å². The molecule has 0 aliphatic carbocycles. The SMILES string of the molecule is O=C(c1ccccc1)c1ccc(OCC(=O)N2CCN(c3cccc(O)c3)CC2)cc1. The molecule has 3 aromatic rings. The number of carbonyl (C=O) groups is 2. The van der Waals surface area contributed by atoms with E-state index in [1.54, 1.807) is 53.4 Å². The highest BCUT2D eigenvalue weighted by Gasteiger charge is 2.22. The molecule has 1 N–H and O–H groups in total. The number of nitrogens with zero attached hydrogens (tertiary/aromatic N) is 2. The summed E-state index contributed by atoms with van der Waals surface area (Å²) >= 11 is 0. The van der Waals surface area contributed by atoms with E-state index in [1.807, 2.05) is 30.3 Å². The first-order valence-corrected chi connectivity index (χ1v) is 10.2. The monoisotopic (exact) mass is 416 g/mol. The van der Waals surface area contributed by atoms with Gasteiger partial charge in [0.25, 0.3) is 5.91 Å². The van der Waals surface area contributed by atoms with Crippen molar-refractivity contribution < 1.29 is 19.4 Å². The van der Waals surface area contributed by atoms with Gasteiger partial charge in [-0.3, -0.25) is 9.59 Å². The van der Waals surface area contributed by atoms with Gasteiger partial charge < -0.3 is 19.6 Å². The Hall–Kier alpha value is -3.80. The first kappa shape index (κ1) is 20.5. The van der Waals surface area contributed by atoms with Crippen LogP contribution in [0.5, 0.6) is 11.5 Å². The highest BCUT2D eigenvalue weighted by atomic mass is 16.5. The van der Waals surface area contributed by atoms with Crippen LogP contribution in [0.15, 0.2) is 78.9 Å². The molecule has 1 fully saturated rings. The zero-order valence-electron chi connectivity index (χ0n) is 17.1. The van der Waals surface area contributed by atoms with Gasteiger partial charge in [0.2, 0.25) is 0 Å². The van der Waals surface area contributed by atoms with E-state index in [1.165, 1.54) is 0 Å². The molecule has 0 radical (unpaired) electrons. The molecule has 0 bridgehead atoms. The zero-order valence-corrected chi connectivity index (χ0v) is 17.1. The van der Waals surface area contributed by atoms with Crippen LogP contribution in [0, 0.1) is 0 Å². The van der Waals surface area contributed by atoms with Gasteiger partial charge in [-0.2, -0.15) is 0 Å². The number of phenolic OH excluding ortho intramolecular Hbond substituents is 1. The Morgan fingerprint density at radius 2 is 1.48 bits per heavy atom. The average Bonchev–Trinajstić information content (AvgIpc) is 2.83. The molecular formula is C25H24N2O4. The molecule has 0 atom stereocenters. The first-order valence-electron chi connectivity index (χ1n) is 10.2. The number of ketones is 1. The second-order valence-electron chi connectivity index (χ2n) is 7.40. The molecular weight excluding hydrogens is 392 g/mol. The molecule has 1 amide bonds. The van der Waals surface area contributed by atoms with Crippen molar-refractivity contribution in [1.82, 2.24) is 4.90 Å². The van der Waals surface area contributed by atoms with E-state index in [2.05, 4.69) is 4.90 Å². The fraction of sp³-hybridized carbons (Fsp3) is 0.200. The van der Waals surface area contributed by atoms with Crippen LogP contribution in [-0.4, -0.2) is 54.5 Å². The van der Waals surface area contributed by atoms with E-state index >= 15 is 0 Å². The van der Waals surface area contributed by atoms with Gasteiger partial charge in [-0.15, -0.1) is 0 Å². The quantitative estimate of drug-likeness (QED) is 0.624. The standard InChI is InChI=1S/C25H24N2O4/c28-22-8-4-7-21(17-22)26-13-15-27(16-14-26)24(29)18-31-23-11-9-20(10-12-23)25(30)19-5-2-1-3-6-19/h1-12,17,28H,13-16,18H2. The lowest BCUT2D eigenvalue weighted by Crippen LogP contribution is -2.50. The Morgan fingerprint density at radius 1 is 0.806 bits per heavy atom. The fourth-order valence-electron chi connectivity index (χ4n) is 3.60. The van der Waals surface area contributed by atoms with E-state index in [-0.39, 0.29) is 24.0 Å². The van der Waals surface area contributed by atoms with Crippen LogP contribution in [0.3, 0.4) is 0 Å². The summed E-state index contributed by atoms with van der Waals surface area (Å²) in [5.41, 5.74) is 2.16. The van der Waals surface area contributed by atoms with E-state index in [4.69, 9.17) is 4.74 Å². The number of hydrogen-bond donors (Lipinski definition) is 1. The van der Waals surface area contributed by atoms with Crippen LogP contribution in [0.2, 0.25) is 0 Å². The van der Waals surface area contributed by atoms with Crippen LogP contribution in [0.25, 0.3) is 0 Å². The maximum absolute atomic E-state index is 12.5. The predicted octanol–water partition coefficient (Wildman–Crippen LogP) is 3.35. The minimum Gasteiger partial charge on any atom is -0.508 e. The Balaban J connectivity index is 1.27. The molecule has 0 saturated carbocycles. The molecule has 0 aromatic heterocycles. The summed E-state index contributed by atoms with van der Waals surface area (Å²) < 4.78 is 5.64. The van der Waals surface area contributed by atoms with Gasteiger partial charge in [-0.25, -0.2) is 0 Å². The van der Waals surface area contributed by atoms with Crippen LogP contribution >= 0.6 is 0 Å². The largest absolute Gasteiger partial charge is 0.508 e. The summed E-state index contributed by atoms with van der Waals surface area (Å²) in [6.45, 7) is 2.56. The van der Waals surface area contributed by atoms with Crippen molar-refractivity contribution in [3.05, 3.63) is 90.0 Å². The van der Waals surface area contributed by atoms with Crippen molar-refractivity contribution >= 4 is 17.4 Å². The normalized spacial score (nSPS) is 13.7. The lowest BCUT2D eigenvalue weighted by molar-refractivity contribution is -0.133. The topological polar surface area (TPSA) is 70.1 Å². The summed E-state index contributed by atoms with van der Waals surface area (Å²) in [5, 5.41) is 9.64. The molecule has 4 rings (SSSR count). The Kier molecular flexibility index (Phi) is 6.17. The second kappa shape index (κ2) is 9.34. The third kappa shape index (κ3) is 5.04. The first-order chi connectivity index (χ1) is 15.1. The number of anilines is 1. The van der Waals surface area contributed by atoms with Gasteiger partial charge in [0.15, 0.2) is 12.4 Å². The number of aromatic hydroxyl groups is 1. The molecule has 1 saturated heterocycles. The third-order valence-electron chi connectivity index (χ3n) is 5.34. The number of hydrogen-bond acceptors (Lipinski definition) is 5. The maximum Gasteiger partial charge on any atom is 0.260 e. The minimum atomic E-state index is -0.0694. The van der Waals surface area contributed by atoms with Gasteiger partial charge >= 0.3 is 0 Å². The van der Waals surface area contributed by atoms with Gasteiger partial charge in [0.1, 0.15) is 11.5 Å². The fourth-order valence-corrected chi connectivity index (χ4v) is 3.60. The summed E-state index contributed by atoms with van der Waals surface area (Å²) in [5.74, 6) is 0.671. The smallest absolute Gasteiger partial charge is 0.260 e. The van der Waals surface area contributed by atoms with E-state index < -0.39 is 0 Å². The zero-order chi connectivity index (χ0) is 21.6. The molecule has 1 aliphatic rings. The van der Waals surface area contributed by atoms with Crippen molar-refractivity contribution in [1.29, 1.82) is 0 Å². The number of phenols is 1. The van der Waals surface area contributed by atoms with Gasteiger partial charge in [0, 0.05) is 49.1 Å². The molecule has 6 heteroatoms. The molecule has 6 nitrogen and oxygen atoms in total. The van der Waals surface area contributed by atoms with Crippen molar-refractivity contribution in [2.75, 3.05) is 37.7 Å². The van der Waals surface area contributed by atoms with E-state index in [9.17, 15) is 14.7 Å². The van der Waals surface area contributed by atoms with E-state index in [0.29, 0.717) is 43.1 Å². The van der Waals surface area contributed by atoms with Gasteiger partial charge in [-0.1, -0.05) is 36.4 Å². The molecule has 158 valence electrons. The highest BCUT2D eigenvalue weighted by molar-refractivity contribution is 6.08. The van der Waals surface area contributed by atoms with Crippen molar-refractivity contribution in [3.8, 4) is 11.5 Å². The number of rotatable bonds is 6. The van der Waals surface area contributed by atoms with Crippen LogP contribution in [-0.2, 0) is 4.79 Å². The maximum atomic E-state index is 12.5. The second-order valence-corrected chi connectivity index (χ2v) is 7.40. The number of ether oxygens (including phenoxy) is 1. The van der Waals surface area contributed by atoms with Crippen LogP contribution < -0.4 is 9.64 Å². The molecule has 31 heavy (non-hydrogen) atoms. The number of carbonyl (C=O) groups excluding carboxylic acids is 2. The predicted molar refractivity (Wildman–Crippen MR) is 119 cm³/mol. The number of amides is 1. The third-order valence-corrected chi connectivity index (χ3v) is 5.34. The summed E-state index contributed by atoms with van der Waals surface area (Å²) in [6, 6.07) is 23.1. The number of benzene rings is 3. The summed E-state index contributed by atoms with van der Waals surface area (Å²) in [6.07, 6.45) is 0. The molecule has 1 heterocycles. The summed E-state index contributed by atoms with van der Waals surface area (Å²) in [4.78, 5) is 28.9. The Labute approximate surface area is 181 Å². The van der Waals surface area contributed by atoms with E-state index in [0.717, 1.165) is 5.69 Å². The van der Waals surface area contributed by atoms with Crippen LogP contribution in [0.4, 0.5) is 5.69 Å². The highest BCUT2D eigenvalue weighted by Crippen LogP contribution is 2.21. The Morgan fingerprint density at radius 3 is 2.16 bits per heavy atom. The molecule has 0 spiro atoms. The minimum absolute atomic E-state index is 0.0435. The van der Waals surface area contributed by atoms with Crippen molar-refractivity contribution in [2.24, 2.45) is 0 Å². The molecule has 1 aliphatic heterocycles. The van der Waals surface area contributed by atoms with Crippen molar-refractivity contribution in [2.45, 2.75) is 0 Å². The Bertz CT molecular complexity index is 1040. The number of piperazine rings is 1. The van der Waals surface area contributed by atoms with Crippen LogP contribution in [0.1, 0.15) is 15.9 Å². The molecule has 0 unspecified atom stereocenters. The van der Waals surface area contributed by atoms with Crippen molar-refractivity contribution in [3.63, 3.8) is 0 Å². The molecule has 3 aromatic carbocycles. The van der Waals surface area contributed by atoms with Gasteiger partial charge in [-0.05, 0) is 36.4 Å².